The number of benzene rings is 1. The van der Waals surface area contributed by atoms with Crippen molar-refractivity contribution in [1.29, 1.82) is 0 Å². The molecule has 0 unspecified atom stereocenters. The van der Waals surface area contributed by atoms with E-state index in [0.29, 0.717) is 0 Å². The lowest BCUT2D eigenvalue weighted by atomic mass is 10.2. The molecule has 5 heteroatoms. The number of aryl methyl sites for hydroxylation is 1. The van der Waals surface area contributed by atoms with E-state index in [1.165, 1.54) is 6.07 Å². The SMILES string of the molecule is Cc1cc(NCc2cc(F)ccc2F)cnc1Br. The molecule has 0 atom stereocenters. The van der Waals surface area contributed by atoms with Gasteiger partial charge in [-0.25, -0.2) is 13.8 Å². The Balaban J connectivity index is 2.11. The second-order valence-corrected chi connectivity index (χ2v) is 4.67. The summed E-state index contributed by atoms with van der Waals surface area (Å²) >= 11 is 3.30. The Bertz CT molecular complexity index is 573. The van der Waals surface area contributed by atoms with Crippen LogP contribution in [-0.4, -0.2) is 4.98 Å². The molecule has 0 aliphatic carbocycles. The van der Waals surface area contributed by atoms with E-state index in [0.717, 1.165) is 28.0 Å². The summed E-state index contributed by atoms with van der Waals surface area (Å²) in [6.07, 6.45) is 1.63. The highest BCUT2D eigenvalue weighted by Crippen LogP contribution is 2.18. The van der Waals surface area contributed by atoms with Crippen molar-refractivity contribution in [2.75, 3.05) is 5.32 Å². The molecule has 0 bridgehead atoms. The van der Waals surface area contributed by atoms with Crippen molar-refractivity contribution in [3.63, 3.8) is 0 Å². The fraction of sp³-hybridized carbons (Fsp3) is 0.154. The maximum atomic E-state index is 13.4. The van der Waals surface area contributed by atoms with E-state index in [1.54, 1.807) is 6.20 Å². The second-order valence-electron chi connectivity index (χ2n) is 3.92. The third-order valence-electron chi connectivity index (χ3n) is 2.51. The molecule has 1 aromatic carbocycles. The minimum atomic E-state index is -0.446. The average molecular weight is 313 g/mol. The van der Waals surface area contributed by atoms with E-state index in [1.807, 2.05) is 13.0 Å². The summed E-state index contributed by atoms with van der Waals surface area (Å²) in [5.41, 5.74) is 2.02. The molecule has 0 fully saturated rings. The van der Waals surface area contributed by atoms with Crippen LogP contribution in [0, 0.1) is 18.6 Å². The molecular formula is C13H11BrF2N2. The van der Waals surface area contributed by atoms with Crippen LogP contribution in [0.1, 0.15) is 11.1 Å². The number of nitrogens with one attached hydrogen (secondary N) is 1. The predicted molar refractivity (Wildman–Crippen MR) is 70.4 cm³/mol. The normalized spacial score (nSPS) is 10.4. The van der Waals surface area contributed by atoms with E-state index in [2.05, 4.69) is 26.2 Å². The molecule has 2 aromatic rings. The van der Waals surface area contributed by atoms with Crippen molar-refractivity contribution >= 4 is 21.6 Å². The lowest BCUT2D eigenvalue weighted by Gasteiger charge is -2.08. The van der Waals surface area contributed by atoms with Crippen molar-refractivity contribution in [3.8, 4) is 0 Å². The minimum Gasteiger partial charge on any atom is -0.380 e. The highest BCUT2D eigenvalue weighted by Gasteiger charge is 2.04. The molecule has 0 saturated heterocycles. The molecule has 0 amide bonds. The Morgan fingerprint density at radius 1 is 1.28 bits per heavy atom. The van der Waals surface area contributed by atoms with E-state index in [-0.39, 0.29) is 12.1 Å². The number of hydrogen-bond acceptors (Lipinski definition) is 2. The number of rotatable bonds is 3. The highest BCUT2D eigenvalue weighted by atomic mass is 79.9. The van der Waals surface area contributed by atoms with Crippen LogP contribution in [0.25, 0.3) is 0 Å². The molecule has 2 rings (SSSR count). The summed E-state index contributed by atoms with van der Waals surface area (Å²) in [7, 11) is 0. The maximum absolute atomic E-state index is 13.4. The molecule has 1 N–H and O–H groups in total. The molecule has 0 aliphatic heterocycles. The fourth-order valence-electron chi connectivity index (χ4n) is 1.53. The first-order valence-corrected chi connectivity index (χ1v) is 6.15. The van der Waals surface area contributed by atoms with Crippen LogP contribution in [0.2, 0.25) is 0 Å². The summed E-state index contributed by atoms with van der Waals surface area (Å²) in [5.74, 6) is -0.871. The predicted octanol–water partition coefficient (Wildman–Crippen LogP) is 4.04. The standard InChI is InChI=1S/C13H11BrF2N2/c1-8-4-11(7-18-13(8)14)17-6-9-5-10(15)2-3-12(9)16/h2-5,7,17H,6H2,1H3. The van der Waals surface area contributed by atoms with Gasteiger partial charge >= 0.3 is 0 Å². The molecule has 0 radical (unpaired) electrons. The Labute approximate surface area is 112 Å². The summed E-state index contributed by atoms with van der Waals surface area (Å²) in [5, 5.41) is 3.01. The number of pyridine rings is 1. The third kappa shape index (κ3) is 3.04. The number of aromatic nitrogens is 1. The van der Waals surface area contributed by atoms with Crippen molar-refractivity contribution in [1.82, 2.24) is 4.98 Å². The van der Waals surface area contributed by atoms with Crippen LogP contribution in [0.4, 0.5) is 14.5 Å². The molecule has 2 nitrogen and oxygen atoms in total. The van der Waals surface area contributed by atoms with Gasteiger partial charge in [-0.15, -0.1) is 0 Å². The first-order valence-electron chi connectivity index (χ1n) is 5.36. The Morgan fingerprint density at radius 2 is 2.06 bits per heavy atom. The Kier molecular flexibility index (Phi) is 3.91. The van der Waals surface area contributed by atoms with Gasteiger partial charge in [0.25, 0.3) is 0 Å². The Morgan fingerprint density at radius 3 is 2.78 bits per heavy atom. The van der Waals surface area contributed by atoms with Crippen LogP contribution in [-0.2, 0) is 6.54 Å². The second kappa shape index (κ2) is 5.44. The molecular weight excluding hydrogens is 302 g/mol. The highest BCUT2D eigenvalue weighted by molar-refractivity contribution is 9.10. The van der Waals surface area contributed by atoms with Gasteiger partial charge in [-0.3, -0.25) is 0 Å². The van der Waals surface area contributed by atoms with Gasteiger partial charge in [0.1, 0.15) is 16.2 Å². The molecule has 1 heterocycles. The zero-order valence-corrected chi connectivity index (χ0v) is 11.3. The molecule has 1 aromatic heterocycles. The lowest BCUT2D eigenvalue weighted by molar-refractivity contribution is 0.587. The van der Waals surface area contributed by atoms with Gasteiger partial charge in [0.05, 0.1) is 11.9 Å². The van der Waals surface area contributed by atoms with E-state index < -0.39 is 11.6 Å². The largest absolute Gasteiger partial charge is 0.380 e. The summed E-state index contributed by atoms with van der Waals surface area (Å²) < 4.78 is 27.1. The number of hydrogen-bond donors (Lipinski definition) is 1. The number of nitrogens with zero attached hydrogens (tertiary/aromatic N) is 1. The van der Waals surface area contributed by atoms with Crippen molar-refractivity contribution in [2.45, 2.75) is 13.5 Å². The topological polar surface area (TPSA) is 24.9 Å². The molecule has 0 spiro atoms. The van der Waals surface area contributed by atoms with Gasteiger partial charge in [0, 0.05) is 12.1 Å². The maximum Gasteiger partial charge on any atom is 0.128 e. The third-order valence-corrected chi connectivity index (χ3v) is 3.34. The molecule has 18 heavy (non-hydrogen) atoms. The first-order chi connectivity index (χ1) is 8.56. The smallest absolute Gasteiger partial charge is 0.128 e. The van der Waals surface area contributed by atoms with Crippen LogP contribution >= 0.6 is 15.9 Å². The van der Waals surface area contributed by atoms with Crippen LogP contribution in [0.15, 0.2) is 35.1 Å². The molecule has 0 aliphatic rings. The van der Waals surface area contributed by atoms with E-state index >= 15 is 0 Å². The van der Waals surface area contributed by atoms with Gasteiger partial charge in [-0.05, 0) is 52.7 Å². The van der Waals surface area contributed by atoms with Crippen LogP contribution < -0.4 is 5.32 Å². The zero-order valence-electron chi connectivity index (χ0n) is 9.67. The zero-order chi connectivity index (χ0) is 13.1. The molecule has 0 saturated carbocycles. The average Bonchev–Trinajstić information content (AvgIpc) is 2.34. The summed E-state index contributed by atoms with van der Waals surface area (Å²) in [6.45, 7) is 2.12. The van der Waals surface area contributed by atoms with Gasteiger partial charge in [0.2, 0.25) is 0 Å². The Hall–Kier alpha value is -1.49. The monoisotopic (exact) mass is 312 g/mol. The number of anilines is 1. The summed E-state index contributed by atoms with van der Waals surface area (Å²) in [4.78, 5) is 4.12. The van der Waals surface area contributed by atoms with Crippen molar-refractivity contribution in [2.24, 2.45) is 0 Å². The lowest BCUT2D eigenvalue weighted by Crippen LogP contribution is -2.03. The minimum absolute atomic E-state index is 0.215. The van der Waals surface area contributed by atoms with Crippen molar-refractivity contribution < 1.29 is 8.78 Å². The first kappa shape index (κ1) is 13.0. The number of halogens is 3. The van der Waals surface area contributed by atoms with E-state index in [9.17, 15) is 8.78 Å². The fourth-order valence-corrected chi connectivity index (χ4v) is 1.75. The van der Waals surface area contributed by atoms with Gasteiger partial charge in [-0.1, -0.05) is 0 Å². The van der Waals surface area contributed by atoms with Crippen LogP contribution in [0.3, 0.4) is 0 Å². The molecule has 94 valence electrons. The van der Waals surface area contributed by atoms with Gasteiger partial charge < -0.3 is 5.32 Å². The summed E-state index contributed by atoms with van der Waals surface area (Å²) in [6, 6.07) is 5.29. The van der Waals surface area contributed by atoms with Crippen molar-refractivity contribution in [3.05, 3.63) is 57.8 Å². The quantitative estimate of drug-likeness (QED) is 0.865. The van der Waals surface area contributed by atoms with Gasteiger partial charge in [-0.2, -0.15) is 0 Å². The van der Waals surface area contributed by atoms with E-state index in [4.69, 9.17) is 0 Å². The van der Waals surface area contributed by atoms with Gasteiger partial charge in [0.15, 0.2) is 0 Å². The van der Waals surface area contributed by atoms with Crippen LogP contribution in [0.5, 0.6) is 0 Å².